The van der Waals surface area contributed by atoms with Crippen molar-refractivity contribution in [2.75, 3.05) is 13.9 Å². The van der Waals surface area contributed by atoms with Crippen molar-refractivity contribution in [3.8, 4) is 11.5 Å². The molecule has 0 radical (unpaired) electrons. The molecule has 0 spiro atoms. The molecule has 0 bridgehead atoms. The number of benzene rings is 1. The molecule has 88 valence electrons. The van der Waals surface area contributed by atoms with E-state index in [1.54, 1.807) is 14.0 Å². The van der Waals surface area contributed by atoms with Crippen LogP contribution in [0, 0.1) is 0 Å². The predicted molar refractivity (Wildman–Crippen MR) is 58.7 cm³/mol. The fraction of sp³-hybridized carbons (Fsp3) is 0.500. The second kappa shape index (κ2) is 4.72. The van der Waals surface area contributed by atoms with Crippen LogP contribution in [-0.2, 0) is 17.8 Å². The summed E-state index contributed by atoms with van der Waals surface area (Å²) in [6.45, 7) is 2.52. The number of hydrogen-bond donors (Lipinski definition) is 1. The Balaban J connectivity index is 2.38. The number of ether oxygens (including phenoxy) is 3. The molecule has 1 aromatic rings. The molecule has 1 aliphatic rings. The van der Waals surface area contributed by atoms with Crippen LogP contribution in [0.4, 0.5) is 0 Å². The lowest BCUT2D eigenvalue weighted by Gasteiger charge is -2.13. The molecule has 0 saturated carbocycles. The lowest BCUT2D eigenvalue weighted by atomic mass is 10.0. The molecular weight excluding hydrogens is 208 g/mol. The normalized spacial score (nSPS) is 15.2. The summed E-state index contributed by atoms with van der Waals surface area (Å²) >= 11 is 0. The molecule has 16 heavy (non-hydrogen) atoms. The van der Waals surface area contributed by atoms with E-state index >= 15 is 0 Å². The van der Waals surface area contributed by atoms with Crippen LogP contribution in [0.15, 0.2) is 12.1 Å². The van der Waals surface area contributed by atoms with Gasteiger partial charge in [0.15, 0.2) is 11.5 Å². The van der Waals surface area contributed by atoms with E-state index < -0.39 is 6.10 Å². The van der Waals surface area contributed by atoms with Gasteiger partial charge in [-0.1, -0.05) is 6.07 Å². The van der Waals surface area contributed by atoms with Gasteiger partial charge in [-0.3, -0.25) is 0 Å². The Hall–Kier alpha value is -1.26. The number of hydrogen-bond acceptors (Lipinski definition) is 4. The van der Waals surface area contributed by atoms with Crippen LogP contribution in [0.2, 0.25) is 0 Å². The smallest absolute Gasteiger partial charge is 0.231 e. The van der Waals surface area contributed by atoms with E-state index in [1.165, 1.54) is 0 Å². The van der Waals surface area contributed by atoms with Crippen molar-refractivity contribution < 1.29 is 19.3 Å². The zero-order valence-electron chi connectivity index (χ0n) is 9.53. The van der Waals surface area contributed by atoms with Gasteiger partial charge in [0.25, 0.3) is 0 Å². The number of rotatable bonds is 4. The van der Waals surface area contributed by atoms with E-state index in [0.717, 1.165) is 22.6 Å². The first-order chi connectivity index (χ1) is 7.72. The summed E-state index contributed by atoms with van der Waals surface area (Å²) in [5, 5.41) is 9.49. The average molecular weight is 224 g/mol. The lowest BCUT2D eigenvalue weighted by molar-refractivity contribution is 0.166. The summed E-state index contributed by atoms with van der Waals surface area (Å²) in [5.74, 6) is 1.49. The molecule has 0 fully saturated rings. The zero-order valence-corrected chi connectivity index (χ0v) is 9.53. The summed E-state index contributed by atoms with van der Waals surface area (Å²) in [6.07, 6.45) is 0.136. The van der Waals surface area contributed by atoms with E-state index in [-0.39, 0.29) is 6.79 Å². The highest BCUT2D eigenvalue weighted by Gasteiger charge is 2.21. The monoisotopic (exact) mass is 224 g/mol. The molecule has 0 aromatic heterocycles. The molecule has 4 nitrogen and oxygen atoms in total. The summed E-state index contributed by atoms with van der Waals surface area (Å²) in [5.41, 5.74) is 2.01. The summed E-state index contributed by atoms with van der Waals surface area (Å²) in [6, 6.07) is 3.83. The lowest BCUT2D eigenvalue weighted by Crippen LogP contribution is -2.08. The van der Waals surface area contributed by atoms with Gasteiger partial charge in [-0.25, -0.2) is 0 Å². The van der Waals surface area contributed by atoms with Crippen LogP contribution in [0.3, 0.4) is 0 Å². The van der Waals surface area contributed by atoms with Gasteiger partial charge < -0.3 is 19.3 Å². The van der Waals surface area contributed by atoms with E-state index in [2.05, 4.69) is 0 Å². The first-order valence-electron chi connectivity index (χ1n) is 5.29. The molecule has 0 saturated heterocycles. The second-order valence-corrected chi connectivity index (χ2v) is 3.92. The Labute approximate surface area is 94.8 Å². The first-order valence-corrected chi connectivity index (χ1v) is 5.29. The van der Waals surface area contributed by atoms with Crippen LogP contribution in [0.1, 0.15) is 18.1 Å². The highest BCUT2D eigenvalue weighted by atomic mass is 16.7. The van der Waals surface area contributed by atoms with Crippen molar-refractivity contribution in [1.82, 2.24) is 0 Å². The molecule has 1 aromatic carbocycles. The van der Waals surface area contributed by atoms with Gasteiger partial charge in [0.05, 0.1) is 12.7 Å². The van der Waals surface area contributed by atoms with Crippen molar-refractivity contribution in [2.45, 2.75) is 26.1 Å². The molecular formula is C12H16O4. The molecule has 1 heterocycles. The molecule has 1 aliphatic heterocycles. The predicted octanol–water partition coefficient (Wildman–Crippen LogP) is 1.48. The van der Waals surface area contributed by atoms with E-state index in [1.807, 2.05) is 12.1 Å². The van der Waals surface area contributed by atoms with Crippen LogP contribution in [0.25, 0.3) is 0 Å². The maximum Gasteiger partial charge on any atom is 0.231 e. The summed E-state index contributed by atoms with van der Waals surface area (Å²) < 4.78 is 15.9. The SMILES string of the molecule is COCc1ccc2c(c1CC(C)O)OCO2. The van der Waals surface area contributed by atoms with Crippen LogP contribution >= 0.6 is 0 Å². The number of fused-ring (bicyclic) bond motifs is 1. The number of aliphatic hydroxyl groups is 1. The van der Waals surface area contributed by atoms with Gasteiger partial charge in [0.2, 0.25) is 6.79 Å². The minimum atomic E-state index is -0.411. The Morgan fingerprint density at radius 2 is 2.25 bits per heavy atom. The standard InChI is InChI=1S/C12H16O4/c1-8(13)5-10-9(6-14-2)3-4-11-12(10)16-7-15-11/h3-4,8,13H,5-7H2,1-2H3. The fourth-order valence-electron chi connectivity index (χ4n) is 1.88. The largest absolute Gasteiger partial charge is 0.454 e. The van der Waals surface area contributed by atoms with Gasteiger partial charge in [-0.05, 0) is 18.6 Å². The molecule has 4 heteroatoms. The third kappa shape index (κ3) is 2.13. The Morgan fingerprint density at radius 3 is 2.94 bits per heavy atom. The fourth-order valence-corrected chi connectivity index (χ4v) is 1.88. The zero-order chi connectivity index (χ0) is 11.5. The van der Waals surface area contributed by atoms with Crippen molar-refractivity contribution in [3.63, 3.8) is 0 Å². The van der Waals surface area contributed by atoms with Gasteiger partial charge in [-0.15, -0.1) is 0 Å². The second-order valence-electron chi connectivity index (χ2n) is 3.92. The Bertz CT molecular complexity index is 374. The van der Waals surface area contributed by atoms with Crippen molar-refractivity contribution in [3.05, 3.63) is 23.3 Å². The molecule has 0 amide bonds. The van der Waals surface area contributed by atoms with Gasteiger partial charge >= 0.3 is 0 Å². The van der Waals surface area contributed by atoms with E-state index in [4.69, 9.17) is 14.2 Å². The third-order valence-corrected chi connectivity index (χ3v) is 2.54. The number of aliphatic hydroxyl groups excluding tert-OH is 1. The maximum absolute atomic E-state index is 9.49. The molecule has 1 unspecified atom stereocenters. The average Bonchev–Trinajstić information content (AvgIpc) is 2.69. The van der Waals surface area contributed by atoms with Gasteiger partial charge in [0.1, 0.15) is 0 Å². The van der Waals surface area contributed by atoms with Crippen LogP contribution < -0.4 is 9.47 Å². The maximum atomic E-state index is 9.49. The van der Waals surface area contributed by atoms with Crippen molar-refractivity contribution in [1.29, 1.82) is 0 Å². The third-order valence-electron chi connectivity index (χ3n) is 2.54. The van der Waals surface area contributed by atoms with Gasteiger partial charge in [-0.2, -0.15) is 0 Å². The minimum Gasteiger partial charge on any atom is -0.454 e. The van der Waals surface area contributed by atoms with Crippen LogP contribution in [-0.4, -0.2) is 25.1 Å². The molecule has 1 N–H and O–H groups in total. The van der Waals surface area contributed by atoms with Crippen LogP contribution in [0.5, 0.6) is 11.5 Å². The number of methoxy groups -OCH3 is 1. The molecule has 0 aliphatic carbocycles. The first kappa shape index (κ1) is 11.2. The molecule has 1 atom stereocenters. The Kier molecular flexibility index (Phi) is 3.31. The van der Waals surface area contributed by atoms with E-state index in [0.29, 0.717) is 13.0 Å². The highest BCUT2D eigenvalue weighted by Crippen LogP contribution is 2.38. The quantitative estimate of drug-likeness (QED) is 0.841. The van der Waals surface area contributed by atoms with Crippen molar-refractivity contribution >= 4 is 0 Å². The topological polar surface area (TPSA) is 47.9 Å². The summed E-state index contributed by atoms with van der Waals surface area (Å²) in [7, 11) is 1.65. The molecule has 2 rings (SSSR count). The van der Waals surface area contributed by atoms with Gasteiger partial charge in [0, 0.05) is 19.1 Å². The highest BCUT2D eigenvalue weighted by molar-refractivity contribution is 5.52. The Morgan fingerprint density at radius 1 is 1.44 bits per heavy atom. The minimum absolute atomic E-state index is 0.249. The summed E-state index contributed by atoms with van der Waals surface area (Å²) in [4.78, 5) is 0. The van der Waals surface area contributed by atoms with Crippen molar-refractivity contribution in [2.24, 2.45) is 0 Å². The van der Waals surface area contributed by atoms with E-state index in [9.17, 15) is 5.11 Å².